The number of rotatable bonds is 1. The summed E-state index contributed by atoms with van der Waals surface area (Å²) in [6.07, 6.45) is 10.4. The summed E-state index contributed by atoms with van der Waals surface area (Å²) < 4.78 is 3.80. The predicted molar refractivity (Wildman–Crippen MR) is 119 cm³/mol. The number of fused-ring (bicyclic) bond motifs is 8. The fourth-order valence-electron chi connectivity index (χ4n) is 4.70. The van der Waals surface area contributed by atoms with Crippen molar-refractivity contribution in [2.24, 2.45) is 4.99 Å². The SMILES string of the molecule is CN1CCCn2cc(c(C3CC3)n2)C2=NCc3ncc(nc32)-c2c(nc3ncccn23)C1=O. The van der Waals surface area contributed by atoms with E-state index in [1.165, 1.54) is 0 Å². The van der Waals surface area contributed by atoms with Gasteiger partial charge in [-0.15, -0.1) is 0 Å². The Kier molecular flexibility index (Phi) is 3.82. The maximum Gasteiger partial charge on any atom is 0.274 e. The molecular weight excluding hydrogens is 418 g/mol. The Labute approximate surface area is 189 Å². The van der Waals surface area contributed by atoms with E-state index in [4.69, 9.17) is 15.1 Å². The van der Waals surface area contributed by atoms with E-state index >= 15 is 0 Å². The van der Waals surface area contributed by atoms with Gasteiger partial charge < -0.3 is 4.90 Å². The lowest BCUT2D eigenvalue weighted by atomic mass is 10.1. The van der Waals surface area contributed by atoms with Crippen LogP contribution in [0.3, 0.4) is 0 Å². The molecule has 1 saturated carbocycles. The summed E-state index contributed by atoms with van der Waals surface area (Å²) in [4.78, 5) is 38.5. The van der Waals surface area contributed by atoms with Gasteiger partial charge in [0, 0.05) is 50.2 Å². The van der Waals surface area contributed by atoms with Gasteiger partial charge in [-0.1, -0.05) is 0 Å². The highest BCUT2D eigenvalue weighted by Gasteiger charge is 2.34. The van der Waals surface area contributed by atoms with Crippen molar-refractivity contribution >= 4 is 17.4 Å². The van der Waals surface area contributed by atoms with E-state index in [1.54, 1.807) is 24.3 Å². The summed E-state index contributed by atoms with van der Waals surface area (Å²) >= 11 is 0. The quantitative estimate of drug-likeness (QED) is 0.450. The Morgan fingerprint density at radius 3 is 2.88 bits per heavy atom. The maximum atomic E-state index is 13.4. The third-order valence-corrected chi connectivity index (χ3v) is 6.55. The summed E-state index contributed by atoms with van der Waals surface area (Å²) in [6.45, 7) is 1.81. The van der Waals surface area contributed by atoms with Crippen molar-refractivity contribution in [2.45, 2.75) is 38.3 Å². The van der Waals surface area contributed by atoms with Gasteiger partial charge >= 0.3 is 0 Å². The molecule has 0 atom stereocenters. The van der Waals surface area contributed by atoms with Crippen molar-refractivity contribution in [3.8, 4) is 11.4 Å². The lowest BCUT2D eigenvalue weighted by molar-refractivity contribution is 0.0787. The lowest BCUT2D eigenvalue weighted by Crippen LogP contribution is -2.29. The van der Waals surface area contributed by atoms with Crippen molar-refractivity contribution in [3.63, 3.8) is 0 Å². The zero-order valence-corrected chi connectivity index (χ0v) is 18.1. The third-order valence-electron chi connectivity index (χ3n) is 6.55. The van der Waals surface area contributed by atoms with Crippen LogP contribution in [0.25, 0.3) is 17.2 Å². The standard InChI is InChI=1S/C23H21N9O/c1-30-7-3-8-31-12-14(17(29-31)13-4-5-13)18-19-15(10-26-18)25-11-16(27-19)21-20(22(30)33)28-23-24-6-2-9-32(21)23/h2,6,9,11-13H,3-5,7-8,10H2,1H3. The molecule has 10 heteroatoms. The first-order valence-corrected chi connectivity index (χ1v) is 11.2. The monoisotopic (exact) mass is 439 g/mol. The number of hydrogen-bond acceptors (Lipinski definition) is 7. The maximum absolute atomic E-state index is 13.4. The Bertz CT molecular complexity index is 1480. The van der Waals surface area contributed by atoms with Crippen LogP contribution in [-0.4, -0.2) is 64.2 Å². The molecule has 0 radical (unpaired) electrons. The second-order valence-electron chi connectivity index (χ2n) is 8.86. The summed E-state index contributed by atoms with van der Waals surface area (Å²) in [5, 5.41) is 4.90. The van der Waals surface area contributed by atoms with Crippen LogP contribution in [0.5, 0.6) is 0 Å². The topological polar surface area (TPSA) is 106 Å². The predicted octanol–water partition coefficient (Wildman–Crippen LogP) is 2.09. The molecule has 1 amide bonds. The molecule has 0 aromatic carbocycles. The highest BCUT2D eigenvalue weighted by Crippen LogP contribution is 2.42. The van der Waals surface area contributed by atoms with Crippen LogP contribution in [0.1, 0.15) is 58.3 Å². The molecule has 164 valence electrons. The molecule has 10 nitrogen and oxygen atoms in total. The number of hydrogen-bond donors (Lipinski definition) is 0. The van der Waals surface area contributed by atoms with Crippen molar-refractivity contribution < 1.29 is 4.79 Å². The number of aliphatic imine (C=N–C) groups is 1. The van der Waals surface area contributed by atoms with E-state index in [0.717, 1.165) is 54.2 Å². The molecule has 33 heavy (non-hydrogen) atoms. The van der Waals surface area contributed by atoms with Crippen LogP contribution in [-0.2, 0) is 13.1 Å². The first-order valence-electron chi connectivity index (χ1n) is 11.2. The first-order chi connectivity index (χ1) is 16.2. The number of carbonyl (C=O) groups is 1. The van der Waals surface area contributed by atoms with Crippen LogP contribution in [0.15, 0.2) is 35.8 Å². The Hall–Kier alpha value is -3.95. The van der Waals surface area contributed by atoms with Crippen LogP contribution in [0.2, 0.25) is 0 Å². The zero-order chi connectivity index (χ0) is 22.1. The summed E-state index contributed by atoms with van der Waals surface area (Å²) in [5.41, 5.74) is 6.13. The molecule has 0 saturated heterocycles. The molecule has 4 bridgehead atoms. The van der Waals surface area contributed by atoms with E-state index in [-0.39, 0.29) is 5.91 Å². The van der Waals surface area contributed by atoms with Crippen molar-refractivity contribution in [3.05, 3.63) is 59.2 Å². The molecule has 0 N–H and O–H groups in total. The van der Waals surface area contributed by atoms with Gasteiger partial charge in [0.25, 0.3) is 5.91 Å². The van der Waals surface area contributed by atoms with Gasteiger partial charge in [-0.25, -0.2) is 15.0 Å². The molecule has 1 fully saturated rings. The molecule has 4 aromatic heterocycles. The Balaban J connectivity index is 1.48. The van der Waals surface area contributed by atoms with Crippen molar-refractivity contribution in [2.75, 3.05) is 13.6 Å². The van der Waals surface area contributed by atoms with Crippen LogP contribution in [0, 0.1) is 0 Å². The van der Waals surface area contributed by atoms with Crippen molar-refractivity contribution in [1.82, 2.24) is 39.0 Å². The highest BCUT2D eigenvalue weighted by molar-refractivity contribution is 6.14. The van der Waals surface area contributed by atoms with E-state index in [2.05, 4.69) is 21.1 Å². The fraction of sp³-hybridized carbons (Fsp3) is 0.348. The van der Waals surface area contributed by atoms with Gasteiger partial charge in [0.05, 0.1) is 29.8 Å². The molecule has 3 aliphatic rings. The first kappa shape index (κ1) is 18.6. The zero-order valence-electron chi connectivity index (χ0n) is 18.1. The van der Waals surface area contributed by atoms with Crippen molar-refractivity contribution in [1.29, 1.82) is 0 Å². The van der Waals surface area contributed by atoms with Gasteiger partial charge in [0.15, 0.2) is 5.69 Å². The van der Waals surface area contributed by atoms with Crippen LogP contribution in [0.4, 0.5) is 0 Å². The Morgan fingerprint density at radius 1 is 1.09 bits per heavy atom. The van der Waals surface area contributed by atoms with E-state index in [1.807, 2.05) is 21.3 Å². The highest BCUT2D eigenvalue weighted by atomic mass is 16.2. The summed E-state index contributed by atoms with van der Waals surface area (Å²) in [6, 6.07) is 1.82. The largest absolute Gasteiger partial charge is 0.340 e. The minimum Gasteiger partial charge on any atom is -0.340 e. The van der Waals surface area contributed by atoms with Gasteiger partial charge in [-0.3, -0.25) is 23.9 Å². The molecule has 1 aliphatic carbocycles. The average Bonchev–Trinajstić information content (AvgIpc) is 3.28. The second kappa shape index (κ2) is 6.77. The second-order valence-corrected chi connectivity index (χ2v) is 8.86. The third kappa shape index (κ3) is 2.83. The van der Waals surface area contributed by atoms with Gasteiger partial charge in [-0.2, -0.15) is 5.10 Å². The number of aryl methyl sites for hydroxylation is 1. The number of amides is 1. The number of nitrogens with zero attached hydrogens (tertiary/aromatic N) is 9. The van der Waals surface area contributed by atoms with Gasteiger partial charge in [0.1, 0.15) is 17.1 Å². The summed E-state index contributed by atoms with van der Waals surface area (Å²) in [7, 11) is 1.80. The molecule has 0 unspecified atom stereocenters. The smallest absolute Gasteiger partial charge is 0.274 e. The molecule has 7 rings (SSSR count). The molecular formula is C23H21N9O. The lowest BCUT2D eigenvalue weighted by Gasteiger charge is -2.17. The molecule has 2 aliphatic heterocycles. The summed E-state index contributed by atoms with van der Waals surface area (Å²) in [5.74, 6) is 0.782. The number of imidazole rings is 1. The van der Waals surface area contributed by atoms with Crippen LogP contribution < -0.4 is 0 Å². The van der Waals surface area contributed by atoms with Crippen LogP contribution >= 0.6 is 0 Å². The van der Waals surface area contributed by atoms with E-state index in [0.29, 0.717) is 41.9 Å². The van der Waals surface area contributed by atoms with E-state index in [9.17, 15) is 4.79 Å². The minimum atomic E-state index is -0.163. The molecule has 6 heterocycles. The number of aromatic nitrogens is 7. The Morgan fingerprint density at radius 2 is 2.00 bits per heavy atom. The molecule has 4 aromatic rings. The average molecular weight is 439 g/mol. The fourth-order valence-corrected chi connectivity index (χ4v) is 4.70. The molecule has 0 spiro atoms. The van der Waals surface area contributed by atoms with Gasteiger partial charge in [-0.05, 0) is 25.3 Å². The minimum absolute atomic E-state index is 0.163. The number of carbonyl (C=O) groups excluding carboxylic acids is 1. The normalized spacial score (nSPS) is 17.8. The van der Waals surface area contributed by atoms with E-state index < -0.39 is 0 Å². The van der Waals surface area contributed by atoms with Gasteiger partial charge in [0.2, 0.25) is 5.78 Å².